The van der Waals surface area contributed by atoms with Gasteiger partial charge in [-0.25, -0.2) is 17.5 Å². The molecule has 0 aromatic heterocycles. The van der Waals surface area contributed by atoms with E-state index < -0.39 is 27.8 Å². The van der Waals surface area contributed by atoms with Crippen molar-refractivity contribution in [2.24, 2.45) is 0 Å². The van der Waals surface area contributed by atoms with Crippen LogP contribution in [0.2, 0.25) is 0 Å². The number of para-hydroxylation sites is 1. The van der Waals surface area contributed by atoms with Crippen molar-refractivity contribution in [2.45, 2.75) is 24.8 Å². The summed E-state index contributed by atoms with van der Waals surface area (Å²) in [6.07, 6.45) is 0. The van der Waals surface area contributed by atoms with E-state index in [2.05, 4.69) is 0 Å². The number of anilines is 1. The van der Waals surface area contributed by atoms with Gasteiger partial charge in [-0.1, -0.05) is 30.3 Å². The highest BCUT2D eigenvalue weighted by molar-refractivity contribution is 7.93. The van der Waals surface area contributed by atoms with Crippen molar-refractivity contribution in [1.82, 2.24) is 0 Å². The van der Waals surface area contributed by atoms with Gasteiger partial charge in [0.05, 0.1) is 17.7 Å². The third kappa shape index (κ3) is 2.51. The Bertz CT molecular complexity index is 960. The molecule has 2 aromatic carbocycles. The molecule has 0 saturated heterocycles. The molecule has 2 aromatic rings. The first-order chi connectivity index (χ1) is 11.8. The van der Waals surface area contributed by atoms with Crippen molar-refractivity contribution in [1.29, 1.82) is 0 Å². The van der Waals surface area contributed by atoms with Gasteiger partial charge in [-0.15, -0.1) is 0 Å². The van der Waals surface area contributed by atoms with Gasteiger partial charge in [0, 0.05) is 5.56 Å². The maximum atomic E-state index is 13.3. The van der Waals surface area contributed by atoms with Crippen LogP contribution >= 0.6 is 0 Å². The number of benzene rings is 2. The van der Waals surface area contributed by atoms with Crippen LogP contribution in [0.15, 0.2) is 47.4 Å². The molecule has 1 heterocycles. The lowest BCUT2D eigenvalue weighted by Crippen LogP contribution is -2.54. The number of carbonyl (C=O) groups is 2. The quantitative estimate of drug-likeness (QED) is 0.607. The molecule has 0 saturated carbocycles. The molecule has 0 bridgehead atoms. The van der Waals surface area contributed by atoms with Gasteiger partial charge < -0.3 is 4.74 Å². The van der Waals surface area contributed by atoms with Crippen LogP contribution in [-0.2, 0) is 19.6 Å². The molecule has 1 aliphatic rings. The van der Waals surface area contributed by atoms with Gasteiger partial charge in [0.25, 0.3) is 10.0 Å². The van der Waals surface area contributed by atoms with E-state index in [1.807, 2.05) is 0 Å². The monoisotopic (exact) mass is 359 g/mol. The topological polar surface area (TPSA) is 80.8 Å². The van der Waals surface area contributed by atoms with Gasteiger partial charge >= 0.3 is 5.97 Å². The minimum atomic E-state index is -4.11. The Morgan fingerprint density at radius 2 is 1.64 bits per heavy atom. The van der Waals surface area contributed by atoms with Crippen molar-refractivity contribution in [3.8, 4) is 0 Å². The number of fused-ring (bicyclic) bond motifs is 1. The van der Waals surface area contributed by atoms with Crippen LogP contribution in [0.5, 0.6) is 0 Å². The summed E-state index contributed by atoms with van der Waals surface area (Å²) < 4.78 is 32.1. The minimum absolute atomic E-state index is 0.000359. The van der Waals surface area contributed by atoms with E-state index in [1.165, 1.54) is 12.1 Å². The Balaban J connectivity index is 2.38. The summed E-state index contributed by atoms with van der Waals surface area (Å²) >= 11 is 0. The van der Waals surface area contributed by atoms with Crippen LogP contribution in [0.3, 0.4) is 0 Å². The SMILES string of the molecule is COC(=O)C1C(=O)c2ccccc2S(=O)(=O)N1c1c(C)cccc1C. The number of aryl methyl sites for hydroxylation is 2. The number of ether oxygens (including phenoxy) is 1. The van der Waals surface area contributed by atoms with Gasteiger partial charge in [0.2, 0.25) is 6.04 Å². The first kappa shape index (κ1) is 17.2. The highest BCUT2D eigenvalue weighted by Gasteiger charge is 2.48. The van der Waals surface area contributed by atoms with E-state index in [9.17, 15) is 18.0 Å². The number of sulfonamides is 1. The molecule has 25 heavy (non-hydrogen) atoms. The normalized spacial score (nSPS) is 18.6. The van der Waals surface area contributed by atoms with Gasteiger partial charge in [-0.05, 0) is 37.1 Å². The molecule has 0 N–H and O–H groups in total. The van der Waals surface area contributed by atoms with E-state index in [0.29, 0.717) is 16.8 Å². The van der Waals surface area contributed by atoms with Crippen LogP contribution in [0.4, 0.5) is 5.69 Å². The molecule has 0 radical (unpaired) electrons. The minimum Gasteiger partial charge on any atom is -0.467 e. The predicted octanol–water partition coefficient (Wildman–Crippen LogP) is 2.24. The fourth-order valence-electron chi connectivity index (χ4n) is 3.11. The van der Waals surface area contributed by atoms with Crippen LogP contribution in [-0.4, -0.2) is 33.3 Å². The zero-order valence-electron chi connectivity index (χ0n) is 14.0. The van der Waals surface area contributed by atoms with Crippen molar-refractivity contribution < 1.29 is 22.7 Å². The van der Waals surface area contributed by atoms with Crippen molar-refractivity contribution in [3.63, 3.8) is 0 Å². The molecule has 0 amide bonds. The average molecular weight is 359 g/mol. The van der Waals surface area contributed by atoms with E-state index >= 15 is 0 Å². The Morgan fingerprint density at radius 3 is 2.24 bits per heavy atom. The largest absolute Gasteiger partial charge is 0.467 e. The third-order valence-corrected chi connectivity index (χ3v) is 6.08. The molecule has 3 rings (SSSR count). The number of nitrogens with zero attached hydrogens (tertiary/aromatic N) is 1. The standard InChI is InChI=1S/C18H17NO5S/c1-11-7-6-8-12(2)15(11)19-16(18(21)24-3)17(20)13-9-4-5-10-14(13)25(19,22)23/h4-10,16H,1-3H3. The summed E-state index contributed by atoms with van der Waals surface area (Å²) in [5, 5.41) is 0. The highest BCUT2D eigenvalue weighted by atomic mass is 32.2. The molecule has 1 unspecified atom stereocenters. The van der Waals surface area contributed by atoms with Gasteiger partial charge in [0.15, 0.2) is 5.78 Å². The second-order valence-corrected chi connectivity index (χ2v) is 7.61. The fraction of sp³-hybridized carbons (Fsp3) is 0.222. The molecule has 130 valence electrons. The second-order valence-electron chi connectivity index (χ2n) is 5.83. The molecule has 0 fully saturated rings. The van der Waals surface area contributed by atoms with Crippen LogP contribution in [0.1, 0.15) is 21.5 Å². The molecular formula is C18H17NO5S. The highest BCUT2D eigenvalue weighted by Crippen LogP contribution is 2.37. The predicted molar refractivity (Wildman–Crippen MR) is 92.2 cm³/mol. The number of hydrogen-bond donors (Lipinski definition) is 0. The van der Waals surface area contributed by atoms with Gasteiger partial charge in [-0.3, -0.25) is 4.79 Å². The van der Waals surface area contributed by atoms with Crippen molar-refractivity contribution in [3.05, 3.63) is 59.2 Å². The van der Waals surface area contributed by atoms with Crippen LogP contribution < -0.4 is 4.31 Å². The van der Waals surface area contributed by atoms with Crippen molar-refractivity contribution in [2.75, 3.05) is 11.4 Å². The summed E-state index contributed by atoms with van der Waals surface area (Å²) in [5.41, 5.74) is 1.61. The number of Topliss-reactive ketones (excluding diaryl/α,β-unsaturated/α-hetero) is 1. The second kappa shape index (κ2) is 6.00. The molecule has 0 aliphatic carbocycles. The summed E-state index contributed by atoms with van der Waals surface area (Å²) in [5.74, 6) is -1.51. The molecule has 0 spiro atoms. The molecular weight excluding hydrogens is 342 g/mol. The fourth-order valence-corrected chi connectivity index (χ4v) is 5.01. The first-order valence-electron chi connectivity index (χ1n) is 7.62. The molecule has 7 heteroatoms. The van der Waals surface area contributed by atoms with Crippen molar-refractivity contribution >= 4 is 27.5 Å². The number of methoxy groups -OCH3 is 1. The number of carbonyl (C=O) groups excluding carboxylic acids is 2. The number of hydrogen-bond acceptors (Lipinski definition) is 5. The van der Waals surface area contributed by atoms with Gasteiger partial charge in [0.1, 0.15) is 0 Å². The average Bonchev–Trinajstić information content (AvgIpc) is 2.59. The van der Waals surface area contributed by atoms with E-state index in [1.54, 1.807) is 44.2 Å². The third-order valence-electron chi connectivity index (χ3n) is 4.26. The maximum Gasteiger partial charge on any atom is 0.337 e. The van der Waals surface area contributed by atoms with E-state index in [0.717, 1.165) is 11.4 Å². The zero-order chi connectivity index (χ0) is 18.4. The molecule has 6 nitrogen and oxygen atoms in total. The first-order valence-corrected chi connectivity index (χ1v) is 9.06. The zero-order valence-corrected chi connectivity index (χ0v) is 14.8. The summed E-state index contributed by atoms with van der Waals surface area (Å²) in [4.78, 5) is 25.1. The Morgan fingerprint density at radius 1 is 1.04 bits per heavy atom. The van der Waals surface area contributed by atoms with Crippen LogP contribution in [0.25, 0.3) is 0 Å². The summed E-state index contributed by atoms with van der Waals surface area (Å²) in [6, 6.07) is 9.57. The molecule has 1 aliphatic heterocycles. The number of esters is 1. The lowest BCUT2D eigenvalue weighted by atomic mass is 10.0. The number of ketones is 1. The maximum absolute atomic E-state index is 13.3. The smallest absolute Gasteiger partial charge is 0.337 e. The lowest BCUT2D eigenvalue weighted by molar-refractivity contribution is -0.140. The van der Waals surface area contributed by atoms with Crippen LogP contribution in [0, 0.1) is 13.8 Å². The Hall–Kier alpha value is -2.67. The summed E-state index contributed by atoms with van der Waals surface area (Å²) in [7, 11) is -2.98. The Labute approximate surface area is 146 Å². The van der Waals surface area contributed by atoms with Gasteiger partial charge in [-0.2, -0.15) is 0 Å². The summed E-state index contributed by atoms with van der Waals surface area (Å²) in [6.45, 7) is 3.47. The van der Waals surface area contributed by atoms with E-state index in [-0.39, 0.29) is 10.5 Å². The number of rotatable bonds is 2. The van der Waals surface area contributed by atoms with E-state index in [4.69, 9.17) is 4.74 Å². The molecule has 1 atom stereocenters. The lowest BCUT2D eigenvalue weighted by Gasteiger charge is -2.36. The Kier molecular flexibility index (Phi) is 4.12.